The third-order valence-corrected chi connectivity index (χ3v) is 3.91. The molecule has 0 fully saturated rings. The molecule has 28 heavy (non-hydrogen) atoms. The normalized spacial score (nSPS) is 10.4. The van der Waals surface area contributed by atoms with Gasteiger partial charge in [0.05, 0.1) is 12.3 Å². The summed E-state index contributed by atoms with van der Waals surface area (Å²) < 4.78 is 12.2. The Morgan fingerprint density at radius 3 is 2.43 bits per heavy atom. The van der Waals surface area contributed by atoms with Crippen molar-refractivity contribution in [3.63, 3.8) is 0 Å². The largest absolute Gasteiger partial charge is 0.494 e. The van der Waals surface area contributed by atoms with E-state index in [9.17, 15) is 9.59 Å². The number of nitrogens with zero attached hydrogens (tertiary/aromatic N) is 2. The van der Waals surface area contributed by atoms with Gasteiger partial charge in [0.25, 0.3) is 11.5 Å². The molecule has 0 saturated carbocycles. The van der Waals surface area contributed by atoms with Crippen molar-refractivity contribution in [2.24, 2.45) is 7.05 Å². The summed E-state index contributed by atoms with van der Waals surface area (Å²) in [5, 5.41) is 6.98. The van der Waals surface area contributed by atoms with Gasteiger partial charge in [0, 0.05) is 30.4 Å². The zero-order valence-corrected chi connectivity index (χ0v) is 15.7. The molecule has 0 aliphatic rings. The van der Waals surface area contributed by atoms with Crippen LogP contribution in [-0.4, -0.2) is 28.9 Å². The van der Waals surface area contributed by atoms with Crippen LogP contribution >= 0.6 is 0 Å². The number of nitrogens with one attached hydrogen (secondary N) is 1. The molecule has 7 nitrogen and oxygen atoms in total. The van der Waals surface area contributed by atoms with Crippen LogP contribution in [0.5, 0.6) is 11.5 Å². The first kappa shape index (κ1) is 19.2. The van der Waals surface area contributed by atoms with Gasteiger partial charge in [0.2, 0.25) is 0 Å². The number of amides is 1. The lowest BCUT2D eigenvalue weighted by Gasteiger charge is -2.10. The molecule has 1 aromatic heterocycles. The van der Waals surface area contributed by atoms with E-state index in [-0.39, 0.29) is 18.1 Å². The maximum Gasteiger partial charge on any atom is 0.266 e. The van der Waals surface area contributed by atoms with Gasteiger partial charge in [-0.25, -0.2) is 4.68 Å². The molecule has 0 atom stereocenters. The van der Waals surface area contributed by atoms with Gasteiger partial charge in [0.1, 0.15) is 11.5 Å². The third-order valence-electron chi connectivity index (χ3n) is 3.91. The number of benzene rings is 2. The first-order chi connectivity index (χ1) is 13.5. The maximum absolute atomic E-state index is 12.1. The van der Waals surface area contributed by atoms with Crippen LogP contribution in [-0.2, 0) is 11.8 Å². The van der Waals surface area contributed by atoms with E-state index in [1.807, 2.05) is 31.2 Å². The van der Waals surface area contributed by atoms with E-state index in [4.69, 9.17) is 9.47 Å². The smallest absolute Gasteiger partial charge is 0.266 e. The fourth-order valence-electron chi connectivity index (χ4n) is 2.55. The molecule has 144 valence electrons. The van der Waals surface area contributed by atoms with Gasteiger partial charge < -0.3 is 14.8 Å². The van der Waals surface area contributed by atoms with Gasteiger partial charge in [-0.1, -0.05) is 18.2 Å². The number of ether oxygens (including phenoxy) is 2. The Balaban J connectivity index is 1.57. The Bertz CT molecular complexity index is 1010. The Kier molecular flexibility index (Phi) is 6.06. The molecule has 2 aromatic carbocycles. The highest BCUT2D eigenvalue weighted by molar-refractivity contribution is 5.92. The zero-order valence-electron chi connectivity index (χ0n) is 15.7. The Morgan fingerprint density at radius 2 is 1.75 bits per heavy atom. The molecule has 3 rings (SSSR count). The van der Waals surface area contributed by atoms with Crippen LogP contribution in [0.1, 0.15) is 6.92 Å². The highest BCUT2D eigenvalue weighted by atomic mass is 16.5. The molecule has 0 aliphatic carbocycles. The van der Waals surface area contributed by atoms with E-state index in [1.165, 1.54) is 10.7 Å². The quantitative estimate of drug-likeness (QED) is 0.683. The van der Waals surface area contributed by atoms with Crippen molar-refractivity contribution in [3.8, 4) is 22.8 Å². The predicted octanol–water partition coefficient (Wildman–Crippen LogP) is 2.86. The summed E-state index contributed by atoms with van der Waals surface area (Å²) in [7, 11) is 1.60. The summed E-state index contributed by atoms with van der Waals surface area (Å²) in [5.74, 6) is 0.995. The second-order valence-corrected chi connectivity index (χ2v) is 6.00. The van der Waals surface area contributed by atoms with Crippen LogP contribution in [0.25, 0.3) is 11.3 Å². The Morgan fingerprint density at radius 1 is 1.04 bits per heavy atom. The molecule has 0 saturated heterocycles. The number of carbonyl (C=O) groups is 1. The Labute approximate surface area is 162 Å². The van der Waals surface area contributed by atoms with Crippen molar-refractivity contribution in [1.82, 2.24) is 9.78 Å². The molecule has 0 unspecified atom stereocenters. The highest BCUT2D eigenvalue weighted by Gasteiger charge is 2.06. The molecule has 1 N–H and O–H groups in total. The van der Waals surface area contributed by atoms with E-state index in [2.05, 4.69) is 10.4 Å². The SMILES string of the molecule is CCOc1cccc(OCC(=O)Nc2ccc(-c3ccc(=O)n(C)n3)cc2)c1. The minimum atomic E-state index is -0.269. The van der Waals surface area contributed by atoms with Crippen LogP contribution in [0.2, 0.25) is 0 Å². The van der Waals surface area contributed by atoms with Crippen molar-refractivity contribution in [2.75, 3.05) is 18.5 Å². The molecular formula is C21H21N3O4. The van der Waals surface area contributed by atoms with Gasteiger partial charge in [0.15, 0.2) is 6.61 Å². The molecule has 1 heterocycles. The molecular weight excluding hydrogens is 358 g/mol. The monoisotopic (exact) mass is 379 g/mol. The summed E-state index contributed by atoms with van der Waals surface area (Å²) >= 11 is 0. The fraction of sp³-hybridized carbons (Fsp3) is 0.190. The van der Waals surface area contributed by atoms with Gasteiger partial charge in [-0.2, -0.15) is 5.10 Å². The van der Waals surface area contributed by atoms with E-state index < -0.39 is 0 Å². The second-order valence-electron chi connectivity index (χ2n) is 6.00. The molecule has 0 bridgehead atoms. The molecule has 7 heteroatoms. The number of aryl methyl sites for hydroxylation is 1. The van der Waals surface area contributed by atoms with Crippen LogP contribution < -0.4 is 20.3 Å². The summed E-state index contributed by atoms with van der Waals surface area (Å²) in [6, 6.07) is 17.5. The minimum absolute atomic E-state index is 0.111. The van der Waals surface area contributed by atoms with Gasteiger partial charge >= 0.3 is 0 Å². The minimum Gasteiger partial charge on any atom is -0.494 e. The van der Waals surface area contributed by atoms with Crippen molar-refractivity contribution >= 4 is 11.6 Å². The first-order valence-corrected chi connectivity index (χ1v) is 8.85. The summed E-state index contributed by atoms with van der Waals surface area (Å²) in [4.78, 5) is 23.5. The van der Waals surface area contributed by atoms with Crippen molar-refractivity contribution < 1.29 is 14.3 Å². The number of hydrogen-bond acceptors (Lipinski definition) is 5. The van der Waals surface area contributed by atoms with E-state index in [1.54, 1.807) is 37.4 Å². The predicted molar refractivity (Wildman–Crippen MR) is 107 cm³/mol. The van der Waals surface area contributed by atoms with Crippen molar-refractivity contribution in [2.45, 2.75) is 6.92 Å². The van der Waals surface area contributed by atoms with Crippen LogP contribution in [0.15, 0.2) is 65.5 Å². The van der Waals surface area contributed by atoms with Crippen molar-refractivity contribution in [1.29, 1.82) is 0 Å². The lowest BCUT2D eigenvalue weighted by Crippen LogP contribution is -2.20. The van der Waals surface area contributed by atoms with E-state index in [0.717, 1.165) is 5.56 Å². The van der Waals surface area contributed by atoms with E-state index in [0.29, 0.717) is 29.5 Å². The average molecular weight is 379 g/mol. The number of rotatable bonds is 7. The lowest BCUT2D eigenvalue weighted by atomic mass is 10.1. The van der Waals surface area contributed by atoms with Gasteiger partial charge in [-0.05, 0) is 37.3 Å². The Hall–Kier alpha value is -3.61. The third kappa shape index (κ3) is 4.97. The topological polar surface area (TPSA) is 82.5 Å². The molecule has 0 spiro atoms. The summed E-state index contributed by atoms with van der Waals surface area (Å²) in [5.41, 5.74) is 2.00. The number of carbonyl (C=O) groups excluding carboxylic acids is 1. The molecule has 0 aliphatic heterocycles. The first-order valence-electron chi connectivity index (χ1n) is 8.85. The maximum atomic E-state index is 12.1. The summed E-state index contributed by atoms with van der Waals surface area (Å²) in [6.07, 6.45) is 0. The fourth-order valence-corrected chi connectivity index (χ4v) is 2.55. The van der Waals surface area contributed by atoms with Gasteiger partial charge in [-0.3, -0.25) is 9.59 Å². The standard InChI is InChI=1S/C21H21N3O4/c1-3-27-17-5-4-6-18(13-17)28-14-20(25)22-16-9-7-15(8-10-16)19-11-12-21(26)24(2)23-19/h4-13H,3,14H2,1-2H3,(H,22,25). The van der Waals surface area contributed by atoms with Crippen LogP contribution in [0.4, 0.5) is 5.69 Å². The number of anilines is 1. The van der Waals surface area contributed by atoms with Crippen LogP contribution in [0, 0.1) is 0 Å². The molecule has 3 aromatic rings. The second kappa shape index (κ2) is 8.85. The lowest BCUT2D eigenvalue weighted by molar-refractivity contribution is -0.118. The molecule has 1 amide bonds. The highest BCUT2D eigenvalue weighted by Crippen LogP contribution is 2.20. The average Bonchev–Trinajstić information content (AvgIpc) is 2.70. The zero-order chi connectivity index (χ0) is 19.9. The summed E-state index contributed by atoms with van der Waals surface area (Å²) in [6.45, 7) is 2.36. The number of hydrogen-bond donors (Lipinski definition) is 1. The van der Waals surface area contributed by atoms with Crippen LogP contribution in [0.3, 0.4) is 0 Å². The van der Waals surface area contributed by atoms with Gasteiger partial charge in [-0.15, -0.1) is 0 Å². The van der Waals surface area contributed by atoms with Crippen molar-refractivity contribution in [3.05, 3.63) is 71.0 Å². The number of aromatic nitrogens is 2. The molecule has 0 radical (unpaired) electrons. The van der Waals surface area contributed by atoms with E-state index >= 15 is 0 Å².